The Bertz CT molecular complexity index is 1000. The van der Waals surface area contributed by atoms with E-state index in [-0.39, 0.29) is 23.9 Å². The van der Waals surface area contributed by atoms with Gasteiger partial charge in [-0.3, -0.25) is 9.69 Å². The Kier molecular flexibility index (Phi) is 4.67. The first-order valence-corrected chi connectivity index (χ1v) is 10.0. The largest absolute Gasteiger partial charge is 0.355 e. The van der Waals surface area contributed by atoms with Crippen molar-refractivity contribution < 1.29 is 9.18 Å². The number of nitrogens with zero attached hydrogens (tertiary/aromatic N) is 6. The Balaban J connectivity index is 1.80. The lowest BCUT2D eigenvalue weighted by molar-refractivity contribution is -0.123. The van der Waals surface area contributed by atoms with E-state index in [2.05, 4.69) is 18.8 Å². The van der Waals surface area contributed by atoms with E-state index in [1.54, 1.807) is 30.3 Å². The number of fused-ring (bicyclic) bond motifs is 1. The van der Waals surface area contributed by atoms with E-state index in [0.717, 1.165) is 11.4 Å². The zero-order valence-electron chi connectivity index (χ0n) is 18.2. The average molecular weight is 410 g/mol. The van der Waals surface area contributed by atoms with Crippen LogP contribution in [0.3, 0.4) is 0 Å². The van der Waals surface area contributed by atoms with Crippen LogP contribution in [0.1, 0.15) is 39.4 Å². The Morgan fingerprint density at radius 3 is 2.40 bits per heavy atom. The molecule has 158 valence electrons. The monoisotopic (exact) mass is 410 g/mol. The van der Waals surface area contributed by atoms with Gasteiger partial charge in [-0.1, -0.05) is 12.1 Å². The number of benzene rings is 1. The summed E-state index contributed by atoms with van der Waals surface area (Å²) in [5.41, 5.74) is 0.889. The number of aromatic nitrogens is 2. The second kappa shape index (κ2) is 6.97. The van der Waals surface area contributed by atoms with E-state index in [1.807, 2.05) is 48.0 Å². The molecule has 2 aliphatic heterocycles. The topological polar surface area (TPSA) is 55.8 Å². The molecule has 1 atom stereocenters. The molecule has 1 aromatic heterocycles. The molecule has 0 saturated heterocycles. The van der Waals surface area contributed by atoms with Gasteiger partial charge in [0.25, 0.3) is 5.91 Å². The van der Waals surface area contributed by atoms with E-state index < -0.39 is 5.54 Å². The molecule has 0 N–H and O–H groups in total. The zero-order chi connectivity index (χ0) is 21.8. The van der Waals surface area contributed by atoms with Crippen LogP contribution in [0.15, 0.2) is 42.9 Å². The average Bonchev–Trinajstić information content (AvgIpc) is 3.07. The van der Waals surface area contributed by atoms with Crippen LogP contribution < -0.4 is 14.7 Å². The van der Waals surface area contributed by atoms with Gasteiger partial charge in [0, 0.05) is 32.5 Å². The predicted octanol–water partition coefficient (Wildman–Crippen LogP) is 3.51. The fourth-order valence-corrected chi connectivity index (χ4v) is 4.42. The molecule has 7 nitrogen and oxygen atoms in total. The number of likely N-dealkylation sites (N-methyl/N-ethyl adjacent to an activating group) is 1. The minimum Gasteiger partial charge on any atom is -0.355 e. The molecule has 8 heteroatoms. The number of halogens is 1. The summed E-state index contributed by atoms with van der Waals surface area (Å²) in [6, 6.07) is 6.52. The second-order valence-corrected chi connectivity index (χ2v) is 8.56. The molecular formula is C22H27FN6O. The Morgan fingerprint density at radius 2 is 1.77 bits per heavy atom. The third-order valence-corrected chi connectivity index (χ3v) is 5.78. The quantitative estimate of drug-likeness (QED) is 0.772. The number of anilines is 3. The molecule has 0 fully saturated rings. The molecule has 4 rings (SSSR count). The summed E-state index contributed by atoms with van der Waals surface area (Å²) in [7, 11) is 3.72. The molecule has 0 saturated carbocycles. The molecule has 1 unspecified atom stereocenters. The van der Waals surface area contributed by atoms with Gasteiger partial charge in [-0.25, -0.2) is 9.37 Å². The highest BCUT2D eigenvalue weighted by Gasteiger charge is 2.46. The van der Waals surface area contributed by atoms with Gasteiger partial charge in [0.05, 0.1) is 6.20 Å². The summed E-state index contributed by atoms with van der Waals surface area (Å²) < 4.78 is 13.4. The van der Waals surface area contributed by atoms with Crippen LogP contribution in [0.5, 0.6) is 0 Å². The summed E-state index contributed by atoms with van der Waals surface area (Å²) in [6.07, 6.45) is 5.37. The molecular weight excluding hydrogens is 383 g/mol. The van der Waals surface area contributed by atoms with Gasteiger partial charge in [-0.15, -0.1) is 0 Å². The number of rotatable bonds is 3. The van der Waals surface area contributed by atoms with Crippen molar-refractivity contribution in [1.82, 2.24) is 14.9 Å². The van der Waals surface area contributed by atoms with Gasteiger partial charge >= 0.3 is 0 Å². The summed E-state index contributed by atoms with van der Waals surface area (Å²) in [6.45, 7) is 7.94. The highest BCUT2D eigenvalue weighted by molar-refractivity contribution is 6.07. The van der Waals surface area contributed by atoms with Gasteiger partial charge in [0.2, 0.25) is 5.95 Å². The van der Waals surface area contributed by atoms with Crippen LogP contribution in [0.25, 0.3) is 0 Å². The van der Waals surface area contributed by atoms with Crippen molar-refractivity contribution in [3.05, 3.63) is 54.2 Å². The maximum absolute atomic E-state index is 13.4. The zero-order valence-corrected chi connectivity index (χ0v) is 18.2. The summed E-state index contributed by atoms with van der Waals surface area (Å²) in [5.74, 6) is 0.979. The summed E-state index contributed by atoms with van der Waals surface area (Å²) >= 11 is 0. The normalized spacial score (nSPS) is 20.4. The highest BCUT2D eigenvalue weighted by atomic mass is 19.1. The maximum atomic E-state index is 13.4. The summed E-state index contributed by atoms with van der Waals surface area (Å²) in [5, 5.41) is 0. The molecule has 0 radical (unpaired) electrons. The van der Waals surface area contributed by atoms with E-state index in [0.29, 0.717) is 11.6 Å². The first kappa shape index (κ1) is 20.1. The lowest BCUT2D eigenvalue weighted by atomic mass is 9.95. The lowest BCUT2D eigenvalue weighted by Gasteiger charge is -2.48. The summed E-state index contributed by atoms with van der Waals surface area (Å²) in [4.78, 5) is 30.1. The van der Waals surface area contributed by atoms with Crippen molar-refractivity contribution in [2.75, 3.05) is 28.8 Å². The Labute approximate surface area is 176 Å². The van der Waals surface area contributed by atoms with Crippen LogP contribution in [0.4, 0.5) is 21.8 Å². The van der Waals surface area contributed by atoms with Crippen molar-refractivity contribution >= 4 is 23.4 Å². The van der Waals surface area contributed by atoms with Crippen LogP contribution in [0.2, 0.25) is 0 Å². The van der Waals surface area contributed by atoms with Crippen LogP contribution in [0, 0.1) is 5.82 Å². The molecule has 2 aliphatic rings. The van der Waals surface area contributed by atoms with Crippen molar-refractivity contribution in [3.8, 4) is 0 Å². The standard InChI is InChI=1S/C22H27FN6O/c1-14(2)29-18-17(27(6)20(30)22(29,3)4)13-24-21(25-18)28-12-11-26(5)19(28)15-7-9-16(23)10-8-15/h7-14,19H,1-6H3. The van der Waals surface area contributed by atoms with Gasteiger partial charge in [0.15, 0.2) is 5.82 Å². The first-order valence-electron chi connectivity index (χ1n) is 10.0. The lowest BCUT2D eigenvalue weighted by Crippen LogP contribution is -2.61. The maximum Gasteiger partial charge on any atom is 0.252 e. The minimum absolute atomic E-state index is 0.00467. The Hall–Kier alpha value is -3.16. The van der Waals surface area contributed by atoms with Gasteiger partial charge in [-0.05, 0) is 45.4 Å². The fourth-order valence-electron chi connectivity index (χ4n) is 4.42. The Morgan fingerprint density at radius 1 is 1.10 bits per heavy atom. The van der Waals surface area contributed by atoms with Crippen molar-refractivity contribution in [2.24, 2.45) is 0 Å². The second-order valence-electron chi connectivity index (χ2n) is 8.56. The van der Waals surface area contributed by atoms with Gasteiger partial charge in [-0.2, -0.15) is 4.98 Å². The molecule has 1 amide bonds. The molecule has 3 heterocycles. The van der Waals surface area contributed by atoms with Gasteiger partial charge < -0.3 is 14.7 Å². The number of carbonyl (C=O) groups excluding carboxylic acids is 1. The van der Waals surface area contributed by atoms with Crippen LogP contribution in [-0.4, -0.2) is 46.5 Å². The third-order valence-electron chi connectivity index (χ3n) is 5.78. The van der Waals surface area contributed by atoms with Crippen LogP contribution >= 0.6 is 0 Å². The molecule has 30 heavy (non-hydrogen) atoms. The smallest absolute Gasteiger partial charge is 0.252 e. The number of hydrogen-bond acceptors (Lipinski definition) is 6. The molecule has 2 aromatic rings. The predicted molar refractivity (Wildman–Crippen MR) is 116 cm³/mol. The molecule has 1 aromatic carbocycles. The number of amides is 1. The van der Waals surface area contributed by atoms with Crippen LogP contribution in [-0.2, 0) is 4.79 Å². The van der Waals surface area contributed by atoms with Crippen molar-refractivity contribution in [2.45, 2.75) is 45.4 Å². The van der Waals surface area contributed by atoms with E-state index in [9.17, 15) is 9.18 Å². The first-order chi connectivity index (χ1) is 14.1. The van der Waals surface area contributed by atoms with E-state index in [4.69, 9.17) is 4.98 Å². The third kappa shape index (κ3) is 2.98. The van der Waals surface area contributed by atoms with Crippen molar-refractivity contribution in [3.63, 3.8) is 0 Å². The molecule has 0 bridgehead atoms. The fraction of sp³-hybridized carbons (Fsp3) is 0.409. The molecule has 0 spiro atoms. The van der Waals surface area contributed by atoms with E-state index in [1.165, 1.54) is 12.1 Å². The molecule has 0 aliphatic carbocycles. The number of hydrogen-bond donors (Lipinski definition) is 0. The van der Waals surface area contributed by atoms with Crippen molar-refractivity contribution in [1.29, 1.82) is 0 Å². The van der Waals surface area contributed by atoms with Gasteiger partial charge in [0.1, 0.15) is 23.2 Å². The minimum atomic E-state index is -0.727. The highest BCUT2D eigenvalue weighted by Crippen LogP contribution is 2.41. The number of carbonyl (C=O) groups is 1. The SMILES string of the molecule is CC(C)N1c2nc(N3C=CN(C)C3c3ccc(F)cc3)ncc2N(C)C(=O)C1(C)C. The van der Waals surface area contributed by atoms with E-state index >= 15 is 0 Å².